The van der Waals surface area contributed by atoms with Gasteiger partial charge in [-0.25, -0.2) is 0 Å². The van der Waals surface area contributed by atoms with Crippen LogP contribution in [0.15, 0.2) is 34.9 Å². The summed E-state index contributed by atoms with van der Waals surface area (Å²) in [6, 6.07) is 7.13. The highest BCUT2D eigenvalue weighted by Crippen LogP contribution is 2.25. The van der Waals surface area contributed by atoms with Gasteiger partial charge in [0.1, 0.15) is 5.76 Å². The standard InChI is InChI=1S/C13H11ClINO2/c1-2-12-9(5-6-18-12)13(17)16-11-4-3-8(15)7-10(11)14/h3-7H,2H2,1H3,(H,16,17). The highest BCUT2D eigenvalue weighted by molar-refractivity contribution is 14.1. The van der Waals surface area contributed by atoms with E-state index in [4.69, 9.17) is 16.0 Å². The largest absolute Gasteiger partial charge is 0.469 e. The fourth-order valence-corrected chi connectivity index (χ4v) is 2.50. The first-order chi connectivity index (χ1) is 8.61. The number of rotatable bonds is 3. The van der Waals surface area contributed by atoms with E-state index < -0.39 is 0 Å². The molecule has 2 rings (SSSR count). The molecule has 0 saturated carbocycles. The molecule has 2 aromatic rings. The van der Waals surface area contributed by atoms with Crippen molar-refractivity contribution in [3.63, 3.8) is 0 Å². The molecular formula is C13H11ClINO2. The molecule has 0 bridgehead atoms. The number of benzene rings is 1. The number of carbonyl (C=O) groups is 1. The molecule has 0 aliphatic heterocycles. The molecule has 0 spiro atoms. The molecule has 18 heavy (non-hydrogen) atoms. The van der Waals surface area contributed by atoms with Crippen LogP contribution in [0.2, 0.25) is 5.02 Å². The summed E-state index contributed by atoms with van der Waals surface area (Å²) in [5.74, 6) is 0.470. The van der Waals surface area contributed by atoms with E-state index in [1.807, 2.05) is 13.0 Å². The number of amides is 1. The van der Waals surface area contributed by atoms with Crippen molar-refractivity contribution >= 4 is 45.8 Å². The fraction of sp³-hybridized carbons (Fsp3) is 0.154. The van der Waals surface area contributed by atoms with Crippen molar-refractivity contribution in [2.24, 2.45) is 0 Å². The second-order valence-electron chi connectivity index (χ2n) is 3.69. The van der Waals surface area contributed by atoms with E-state index in [2.05, 4.69) is 27.9 Å². The molecule has 0 atom stereocenters. The monoisotopic (exact) mass is 375 g/mol. The van der Waals surface area contributed by atoms with Crippen LogP contribution in [0, 0.1) is 3.57 Å². The van der Waals surface area contributed by atoms with Crippen LogP contribution in [0.1, 0.15) is 23.0 Å². The van der Waals surface area contributed by atoms with Crippen molar-refractivity contribution in [1.82, 2.24) is 0 Å². The van der Waals surface area contributed by atoms with Crippen LogP contribution in [-0.4, -0.2) is 5.91 Å². The Labute approximate surface area is 124 Å². The molecule has 3 nitrogen and oxygen atoms in total. The Balaban J connectivity index is 2.21. The number of carbonyl (C=O) groups excluding carboxylic acids is 1. The van der Waals surface area contributed by atoms with Gasteiger partial charge in [0, 0.05) is 9.99 Å². The van der Waals surface area contributed by atoms with E-state index in [1.54, 1.807) is 18.2 Å². The van der Waals surface area contributed by atoms with Crippen molar-refractivity contribution in [2.75, 3.05) is 5.32 Å². The predicted molar refractivity (Wildman–Crippen MR) is 80.2 cm³/mol. The van der Waals surface area contributed by atoms with Gasteiger partial charge in [-0.3, -0.25) is 4.79 Å². The Morgan fingerprint density at radius 2 is 2.22 bits per heavy atom. The van der Waals surface area contributed by atoms with Crippen LogP contribution in [0.5, 0.6) is 0 Å². The smallest absolute Gasteiger partial charge is 0.259 e. The van der Waals surface area contributed by atoms with Gasteiger partial charge in [-0.15, -0.1) is 0 Å². The molecule has 1 amide bonds. The zero-order valence-corrected chi connectivity index (χ0v) is 12.6. The van der Waals surface area contributed by atoms with E-state index >= 15 is 0 Å². The third-order valence-electron chi connectivity index (χ3n) is 2.49. The van der Waals surface area contributed by atoms with E-state index in [9.17, 15) is 4.79 Å². The summed E-state index contributed by atoms with van der Waals surface area (Å²) in [7, 11) is 0. The van der Waals surface area contributed by atoms with Crippen molar-refractivity contribution < 1.29 is 9.21 Å². The zero-order valence-electron chi connectivity index (χ0n) is 9.67. The lowest BCUT2D eigenvalue weighted by Crippen LogP contribution is -2.13. The number of nitrogens with one attached hydrogen (secondary N) is 1. The number of halogens is 2. The summed E-state index contributed by atoms with van der Waals surface area (Å²) in [6.45, 7) is 1.94. The van der Waals surface area contributed by atoms with Crippen LogP contribution >= 0.6 is 34.2 Å². The highest BCUT2D eigenvalue weighted by Gasteiger charge is 2.14. The second-order valence-corrected chi connectivity index (χ2v) is 5.34. The lowest BCUT2D eigenvalue weighted by Gasteiger charge is -2.07. The minimum absolute atomic E-state index is 0.205. The summed E-state index contributed by atoms with van der Waals surface area (Å²) < 4.78 is 6.25. The first-order valence-corrected chi connectivity index (χ1v) is 6.90. The number of anilines is 1. The second kappa shape index (κ2) is 5.75. The average Bonchev–Trinajstić information content (AvgIpc) is 2.81. The first kappa shape index (κ1) is 13.4. The van der Waals surface area contributed by atoms with E-state index in [0.29, 0.717) is 28.5 Å². The van der Waals surface area contributed by atoms with E-state index in [1.165, 1.54) is 6.26 Å². The molecule has 1 N–H and O–H groups in total. The van der Waals surface area contributed by atoms with Crippen LogP contribution in [0.4, 0.5) is 5.69 Å². The number of furan rings is 1. The average molecular weight is 376 g/mol. The van der Waals surface area contributed by atoms with Crippen molar-refractivity contribution in [3.05, 3.63) is 50.4 Å². The molecule has 0 radical (unpaired) electrons. The molecule has 5 heteroatoms. The molecule has 1 aromatic carbocycles. The maximum Gasteiger partial charge on any atom is 0.259 e. The van der Waals surface area contributed by atoms with Gasteiger partial charge in [0.2, 0.25) is 0 Å². The third-order valence-corrected chi connectivity index (χ3v) is 3.47. The molecule has 0 aliphatic carbocycles. The van der Waals surface area contributed by atoms with Gasteiger partial charge in [-0.1, -0.05) is 18.5 Å². The van der Waals surface area contributed by atoms with Gasteiger partial charge >= 0.3 is 0 Å². The quantitative estimate of drug-likeness (QED) is 0.810. The van der Waals surface area contributed by atoms with Crippen molar-refractivity contribution in [2.45, 2.75) is 13.3 Å². The van der Waals surface area contributed by atoms with Crippen LogP contribution in [-0.2, 0) is 6.42 Å². The Morgan fingerprint density at radius 3 is 2.89 bits per heavy atom. The minimum atomic E-state index is -0.205. The van der Waals surface area contributed by atoms with Gasteiger partial charge in [0.15, 0.2) is 0 Å². The zero-order chi connectivity index (χ0) is 13.1. The topological polar surface area (TPSA) is 42.2 Å². The summed E-state index contributed by atoms with van der Waals surface area (Å²) in [5.41, 5.74) is 1.15. The normalized spacial score (nSPS) is 10.4. The van der Waals surface area contributed by atoms with Gasteiger partial charge in [0.25, 0.3) is 5.91 Å². The van der Waals surface area contributed by atoms with Crippen LogP contribution < -0.4 is 5.32 Å². The predicted octanol–water partition coefficient (Wildman–Crippen LogP) is 4.35. The Kier molecular flexibility index (Phi) is 4.29. The lowest BCUT2D eigenvalue weighted by atomic mass is 10.2. The van der Waals surface area contributed by atoms with Gasteiger partial charge in [-0.2, -0.15) is 0 Å². The van der Waals surface area contributed by atoms with E-state index in [0.717, 1.165) is 3.57 Å². The molecule has 0 aliphatic rings. The van der Waals surface area contributed by atoms with E-state index in [-0.39, 0.29) is 5.91 Å². The summed E-state index contributed by atoms with van der Waals surface area (Å²) >= 11 is 8.23. The summed E-state index contributed by atoms with van der Waals surface area (Å²) in [6.07, 6.45) is 2.19. The molecule has 1 aromatic heterocycles. The molecule has 0 unspecified atom stereocenters. The molecular weight excluding hydrogens is 365 g/mol. The fourth-order valence-electron chi connectivity index (χ4n) is 1.60. The maximum absolute atomic E-state index is 12.1. The van der Waals surface area contributed by atoms with Crippen LogP contribution in [0.3, 0.4) is 0 Å². The maximum atomic E-state index is 12.1. The lowest BCUT2D eigenvalue weighted by molar-refractivity contribution is 0.102. The SMILES string of the molecule is CCc1occc1C(=O)Nc1ccc(I)cc1Cl. The number of aryl methyl sites for hydroxylation is 1. The van der Waals surface area contributed by atoms with Crippen LogP contribution in [0.25, 0.3) is 0 Å². The Hall–Kier alpha value is -1.01. The first-order valence-electron chi connectivity index (χ1n) is 5.44. The van der Waals surface area contributed by atoms with Gasteiger partial charge in [-0.05, 0) is 46.9 Å². The Bertz CT molecular complexity index is 580. The Morgan fingerprint density at radius 1 is 1.44 bits per heavy atom. The molecule has 94 valence electrons. The van der Waals surface area contributed by atoms with Gasteiger partial charge in [0.05, 0.1) is 22.5 Å². The number of hydrogen-bond acceptors (Lipinski definition) is 2. The molecule has 0 fully saturated rings. The minimum Gasteiger partial charge on any atom is -0.469 e. The van der Waals surface area contributed by atoms with Crippen molar-refractivity contribution in [1.29, 1.82) is 0 Å². The highest BCUT2D eigenvalue weighted by atomic mass is 127. The third kappa shape index (κ3) is 2.87. The summed E-state index contributed by atoms with van der Waals surface area (Å²) in [5, 5.41) is 3.31. The number of hydrogen-bond donors (Lipinski definition) is 1. The molecule has 0 saturated heterocycles. The molecule has 1 heterocycles. The summed E-state index contributed by atoms with van der Waals surface area (Å²) in [4.78, 5) is 12.1. The van der Waals surface area contributed by atoms with Crippen molar-refractivity contribution in [3.8, 4) is 0 Å². The van der Waals surface area contributed by atoms with Gasteiger partial charge < -0.3 is 9.73 Å².